The highest BCUT2D eigenvalue weighted by molar-refractivity contribution is 5.85. The number of nitrogens with one attached hydrogen (secondary N) is 1. The summed E-state index contributed by atoms with van der Waals surface area (Å²) in [6.45, 7) is 1.33. The first-order valence-electron chi connectivity index (χ1n) is 7.37. The minimum Gasteiger partial charge on any atom is -0.350 e. The van der Waals surface area contributed by atoms with Crippen molar-refractivity contribution in [1.29, 1.82) is 0 Å². The molecule has 0 saturated heterocycles. The maximum atomic E-state index is 12.2. The average Bonchev–Trinajstić information content (AvgIpc) is 2.53. The van der Waals surface area contributed by atoms with Gasteiger partial charge in [0.15, 0.2) is 0 Å². The predicted octanol–water partition coefficient (Wildman–Crippen LogP) is 2.91. The van der Waals surface area contributed by atoms with Gasteiger partial charge in [-0.25, -0.2) is 0 Å². The summed E-state index contributed by atoms with van der Waals surface area (Å²) in [6, 6.07) is 16.9. The van der Waals surface area contributed by atoms with Crippen LogP contribution in [0.25, 0.3) is 0 Å². The van der Waals surface area contributed by atoms with Gasteiger partial charge in [-0.2, -0.15) is 0 Å². The van der Waals surface area contributed by atoms with Crippen molar-refractivity contribution in [2.45, 2.75) is 19.1 Å². The van der Waals surface area contributed by atoms with Crippen LogP contribution in [0.4, 0.5) is 0 Å². The van der Waals surface area contributed by atoms with Gasteiger partial charge >= 0.3 is 0 Å². The van der Waals surface area contributed by atoms with Gasteiger partial charge in [0.25, 0.3) is 0 Å². The summed E-state index contributed by atoms with van der Waals surface area (Å²) >= 11 is 0. The zero-order chi connectivity index (χ0) is 15.9. The first-order chi connectivity index (χ1) is 10.6. The molecule has 6 heteroatoms. The van der Waals surface area contributed by atoms with Crippen LogP contribution in [0.2, 0.25) is 0 Å². The molecular formula is C18H25Cl2N3O. The maximum Gasteiger partial charge on any atom is 0.241 e. The van der Waals surface area contributed by atoms with Gasteiger partial charge in [-0.15, -0.1) is 24.8 Å². The van der Waals surface area contributed by atoms with Crippen molar-refractivity contribution in [3.63, 3.8) is 0 Å². The molecule has 1 atom stereocenters. The Morgan fingerprint density at radius 1 is 1.00 bits per heavy atom. The third-order valence-corrected chi connectivity index (χ3v) is 3.50. The summed E-state index contributed by atoms with van der Waals surface area (Å²) in [7, 11) is 4.06. The Labute approximate surface area is 156 Å². The number of carbonyl (C=O) groups excluding carboxylic acids is 1. The number of amides is 1. The third-order valence-electron chi connectivity index (χ3n) is 3.50. The Kier molecular flexibility index (Phi) is 10.3. The lowest BCUT2D eigenvalue weighted by Gasteiger charge is -2.16. The molecule has 0 aliphatic rings. The standard InChI is InChI=1S/C18H23N3O.2ClH/c1-21(2)13-16-11-7-6-10-15(16)12-20-18(22)17(19)14-8-4-3-5-9-14;;/h3-11,17H,12-13,19H2,1-2H3,(H,20,22);2*1H. The highest BCUT2D eigenvalue weighted by Crippen LogP contribution is 2.12. The Morgan fingerprint density at radius 3 is 2.12 bits per heavy atom. The van der Waals surface area contributed by atoms with E-state index in [1.165, 1.54) is 5.56 Å². The molecule has 0 heterocycles. The van der Waals surface area contributed by atoms with Crippen molar-refractivity contribution in [2.24, 2.45) is 5.73 Å². The van der Waals surface area contributed by atoms with Crippen LogP contribution in [0, 0.1) is 0 Å². The van der Waals surface area contributed by atoms with Crippen molar-refractivity contribution in [3.8, 4) is 0 Å². The molecule has 0 aliphatic carbocycles. The van der Waals surface area contributed by atoms with Crippen molar-refractivity contribution in [2.75, 3.05) is 14.1 Å². The molecule has 2 aromatic carbocycles. The van der Waals surface area contributed by atoms with Crippen LogP contribution in [0.15, 0.2) is 54.6 Å². The molecule has 0 fully saturated rings. The smallest absolute Gasteiger partial charge is 0.241 e. The minimum atomic E-state index is -0.637. The van der Waals surface area contributed by atoms with E-state index in [0.717, 1.165) is 17.7 Å². The first kappa shape index (κ1) is 22.4. The number of nitrogens with zero attached hydrogens (tertiary/aromatic N) is 1. The second kappa shape index (κ2) is 11.0. The van der Waals surface area contributed by atoms with E-state index in [-0.39, 0.29) is 30.7 Å². The Balaban J connectivity index is 0.00000264. The van der Waals surface area contributed by atoms with Crippen LogP contribution >= 0.6 is 24.8 Å². The summed E-state index contributed by atoms with van der Waals surface area (Å²) < 4.78 is 0. The van der Waals surface area contributed by atoms with Crippen LogP contribution in [0.5, 0.6) is 0 Å². The maximum absolute atomic E-state index is 12.2. The lowest BCUT2D eigenvalue weighted by molar-refractivity contribution is -0.122. The highest BCUT2D eigenvalue weighted by atomic mass is 35.5. The number of carbonyl (C=O) groups is 1. The van der Waals surface area contributed by atoms with E-state index < -0.39 is 6.04 Å². The number of rotatable bonds is 6. The van der Waals surface area contributed by atoms with Gasteiger partial charge in [0, 0.05) is 13.1 Å². The van der Waals surface area contributed by atoms with Crippen LogP contribution in [-0.4, -0.2) is 24.9 Å². The largest absolute Gasteiger partial charge is 0.350 e. The summed E-state index contributed by atoms with van der Waals surface area (Å²) in [5.74, 6) is -0.161. The molecular weight excluding hydrogens is 345 g/mol. The van der Waals surface area contributed by atoms with E-state index >= 15 is 0 Å². The van der Waals surface area contributed by atoms with Crippen LogP contribution in [-0.2, 0) is 17.9 Å². The van der Waals surface area contributed by atoms with Crippen LogP contribution in [0.1, 0.15) is 22.7 Å². The number of benzene rings is 2. The number of nitrogens with two attached hydrogens (primary N) is 1. The topological polar surface area (TPSA) is 58.4 Å². The van der Waals surface area contributed by atoms with Gasteiger partial charge in [0.2, 0.25) is 5.91 Å². The second-order valence-electron chi connectivity index (χ2n) is 5.61. The molecule has 0 bridgehead atoms. The van der Waals surface area contributed by atoms with Gasteiger partial charge in [-0.3, -0.25) is 4.79 Å². The van der Waals surface area contributed by atoms with Crippen molar-refractivity contribution in [1.82, 2.24) is 10.2 Å². The lowest BCUT2D eigenvalue weighted by Crippen LogP contribution is -2.34. The first-order valence-corrected chi connectivity index (χ1v) is 7.37. The predicted molar refractivity (Wildman–Crippen MR) is 104 cm³/mol. The molecule has 3 N–H and O–H groups in total. The fraction of sp³-hybridized carbons (Fsp3) is 0.278. The van der Waals surface area contributed by atoms with Gasteiger partial charge < -0.3 is 16.0 Å². The van der Waals surface area contributed by atoms with E-state index in [9.17, 15) is 4.79 Å². The molecule has 2 aromatic rings. The SMILES string of the molecule is CN(C)Cc1ccccc1CNC(=O)C(N)c1ccccc1.Cl.Cl. The number of halogens is 2. The Morgan fingerprint density at radius 2 is 1.54 bits per heavy atom. The fourth-order valence-electron chi connectivity index (χ4n) is 2.33. The van der Waals surface area contributed by atoms with E-state index in [4.69, 9.17) is 5.73 Å². The second-order valence-corrected chi connectivity index (χ2v) is 5.61. The molecule has 132 valence electrons. The monoisotopic (exact) mass is 369 g/mol. The molecule has 0 aliphatic heterocycles. The molecule has 0 aromatic heterocycles. The van der Waals surface area contributed by atoms with E-state index in [2.05, 4.69) is 16.3 Å². The summed E-state index contributed by atoms with van der Waals surface area (Å²) in [6.07, 6.45) is 0. The quantitative estimate of drug-likeness (QED) is 0.822. The molecule has 1 unspecified atom stereocenters. The van der Waals surface area contributed by atoms with Crippen LogP contribution < -0.4 is 11.1 Å². The summed E-state index contributed by atoms with van der Waals surface area (Å²) in [4.78, 5) is 14.3. The number of hydrogen-bond acceptors (Lipinski definition) is 3. The highest BCUT2D eigenvalue weighted by Gasteiger charge is 2.15. The Hall–Kier alpha value is -1.59. The van der Waals surface area contributed by atoms with Gasteiger partial charge in [-0.05, 0) is 30.8 Å². The van der Waals surface area contributed by atoms with Crippen molar-refractivity contribution >= 4 is 30.7 Å². The van der Waals surface area contributed by atoms with Gasteiger partial charge in [0.05, 0.1) is 0 Å². The van der Waals surface area contributed by atoms with Crippen molar-refractivity contribution < 1.29 is 4.79 Å². The molecule has 0 spiro atoms. The minimum absolute atomic E-state index is 0. The molecule has 0 saturated carbocycles. The van der Waals surface area contributed by atoms with Crippen molar-refractivity contribution in [3.05, 3.63) is 71.3 Å². The summed E-state index contributed by atoms with van der Waals surface area (Å²) in [5.41, 5.74) is 9.15. The molecule has 24 heavy (non-hydrogen) atoms. The fourth-order valence-corrected chi connectivity index (χ4v) is 2.33. The van der Waals surface area contributed by atoms with Crippen LogP contribution in [0.3, 0.4) is 0 Å². The Bertz CT molecular complexity index is 621. The summed E-state index contributed by atoms with van der Waals surface area (Å²) in [5, 5.41) is 2.93. The normalized spacial score (nSPS) is 11.2. The van der Waals surface area contributed by atoms with Gasteiger partial charge in [-0.1, -0.05) is 54.6 Å². The number of hydrogen-bond donors (Lipinski definition) is 2. The zero-order valence-electron chi connectivity index (χ0n) is 13.9. The molecule has 4 nitrogen and oxygen atoms in total. The lowest BCUT2D eigenvalue weighted by atomic mass is 10.1. The average molecular weight is 370 g/mol. The van der Waals surface area contributed by atoms with E-state index in [0.29, 0.717) is 6.54 Å². The molecule has 1 amide bonds. The van der Waals surface area contributed by atoms with Gasteiger partial charge in [0.1, 0.15) is 6.04 Å². The van der Waals surface area contributed by atoms with E-state index in [1.54, 1.807) is 0 Å². The molecule has 0 radical (unpaired) electrons. The third kappa shape index (κ3) is 6.49. The molecule has 2 rings (SSSR count). The zero-order valence-corrected chi connectivity index (χ0v) is 15.6. The van der Waals surface area contributed by atoms with E-state index in [1.807, 2.05) is 62.6 Å².